The van der Waals surface area contributed by atoms with E-state index in [0.717, 1.165) is 12.8 Å². The van der Waals surface area contributed by atoms with Crippen LogP contribution in [0.15, 0.2) is 0 Å². The summed E-state index contributed by atoms with van der Waals surface area (Å²) in [7, 11) is 0. The lowest BCUT2D eigenvalue weighted by atomic mass is 9.98. The van der Waals surface area contributed by atoms with Gasteiger partial charge in [-0.1, -0.05) is 19.3 Å². The normalized spacial score (nSPS) is 22.0. The molecule has 2 nitrogen and oxygen atoms in total. The van der Waals surface area contributed by atoms with Crippen LogP contribution < -0.4 is 0 Å². The SMILES string of the molecule is O=P(Br)(Br)OC1CCCCC1. The Labute approximate surface area is 83.0 Å². The fraction of sp³-hybridized carbons (Fsp3) is 1.00. The van der Waals surface area contributed by atoms with Crippen LogP contribution in [0.4, 0.5) is 0 Å². The lowest BCUT2D eigenvalue weighted by molar-refractivity contribution is 0.169. The summed E-state index contributed by atoms with van der Waals surface area (Å²) in [5, 5.41) is 0. The van der Waals surface area contributed by atoms with E-state index < -0.39 is 4.77 Å². The average molecular weight is 306 g/mol. The van der Waals surface area contributed by atoms with Crippen molar-refractivity contribution < 1.29 is 9.09 Å². The predicted octanol–water partition coefficient (Wildman–Crippen LogP) is 4.23. The van der Waals surface area contributed by atoms with Gasteiger partial charge in [0.2, 0.25) is 0 Å². The van der Waals surface area contributed by atoms with Crippen molar-refractivity contribution in [1.82, 2.24) is 0 Å². The summed E-state index contributed by atoms with van der Waals surface area (Å²) >= 11 is 5.93. The molecule has 0 radical (unpaired) electrons. The fourth-order valence-corrected chi connectivity index (χ4v) is 3.32. The number of hydrogen-bond donors (Lipinski definition) is 0. The van der Waals surface area contributed by atoms with Crippen molar-refractivity contribution in [2.75, 3.05) is 0 Å². The summed E-state index contributed by atoms with van der Waals surface area (Å²) in [6.07, 6.45) is 5.96. The molecule has 1 rings (SSSR count). The van der Waals surface area contributed by atoms with Gasteiger partial charge in [0.15, 0.2) is 0 Å². The lowest BCUT2D eigenvalue weighted by Gasteiger charge is -2.22. The molecule has 0 amide bonds. The van der Waals surface area contributed by atoms with E-state index in [4.69, 9.17) is 4.52 Å². The summed E-state index contributed by atoms with van der Waals surface area (Å²) in [5.74, 6) is 0. The first-order chi connectivity index (χ1) is 5.08. The molecule has 0 N–H and O–H groups in total. The van der Waals surface area contributed by atoms with Gasteiger partial charge < -0.3 is 4.52 Å². The Balaban J connectivity index is 2.30. The van der Waals surface area contributed by atoms with Gasteiger partial charge in [-0.15, -0.1) is 0 Å². The monoisotopic (exact) mass is 304 g/mol. The first kappa shape index (κ1) is 10.2. The minimum Gasteiger partial charge on any atom is -0.310 e. The summed E-state index contributed by atoms with van der Waals surface area (Å²) in [6.45, 7) is 0. The van der Waals surface area contributed by atoms with Crippen LogP contribution in [-0.2, 0) is 9.09 Å². The molecular formula is C6H11Br2O2P. The molecule has 0 bridgehead atoms. The fourth-order valence-electron chi connectivity index (χ4n) is 1.34. The Hall–Kier alpha value is 1.15. The number of hydrogen-bond acceptors (Lipinski definition) is 2. The summed E-state index contributed by atoms with van der Waals surface area (Å²) < 4.78 is 13.8. The second kappa shape index (κ2) is 4.40. The Bertz CT molecular complexity index is 162. The van der Waals surface area contributed by atoms with E-state index in [0.29, 0.717) is 0 Å². The van der Waals surface area contributed by atoms with Gasteiger partial charge in [-0.05, 0) is 12.8 Å². The van der Waals surface area contributed by atoms with Gasteiger partial charge in [0.1, 0.15) is 0 Å². The molecule has 0 spiro atoms. The van der Waals surface area contributed by atoms with Crippen molar-refractivity contribution in [3.63, 3.8) is 0 Å². The zero-order valence-corrected chi connectivity index (χ0v) is 10.2. The molecule has 0 heterocycles. The molecule has 0 aromatic carbocycles. The summed E-state index contributed by atoms with van der Waals surface area (Å²) in [5.41, 5.74) is 0. The first-order valence-corrected chi connectivity index (χ1v) is 9.42. The molecule has 0 saturated heterocycles. The largest absolute Gasteiger partial charge is 0.328 e. The summed E-state index contributed by atoms with van der Waals surface area (Å²) in [4.78, 5) is 0. The Morgan fingerprint density at radius 2 is 1.73 bits per heavy atom. The van der Waals surface area contributed by atoms with E-state index in [-0.39, 0.29) is 6.10 Å². The smallest absolute Gasteiger partial charge is 0.310 e. The maximum absolute atomic E-state index is 11.1. The molecule has 0 unspecified atom stereocenters. The van der Waals surface area contributed by atoms with Crippen molar-refractivity contribution >= 4 is 35.8 Å². The third kappa shape index (κ3) is 4.66. The van der Waals surface area contributed by atoms with Crippen LogP contribution in [-0.4, -0.2) is 6.10 Å². The van der Waals surface area contributed by atoms with Crippen LogP contribution in [0.25, 0.3) is 0 Å². The van der Waals surface area contributed by atoms with Crippen LogP contribution >= 0.6 is 35.8 Å². The lowest BCUT2D eigenvalue weighted by Crippen LogP contribution is -2.13. The van der Waals surface area contributed by atoms with Gasteiger partial charge in [0.25, 0.3) is 0 Å². The molecule has 0 aliphatic heterocycles. The topological polar surface area (TPSA) is 26.3 Å². The highest BCUT2D eigenvalue weighted by molar-refractivity contribution is 9.70. The highest BCUT2D eigenvalue weighted by atomic mass is 79.9. The zero-order valence-electron chi connectivity index (χ0n) is 6.13. The minimum atomic E-state index is -2.61. The van der Waals surface area contributed by atoms with Crippen molar-refractivity contribution in [2.24, 2.45) is 0 Å². The van der Waals surface area contributed by atoms with Crippen molar-refractivity contribution in [1.29, 1.82) is 0 Å². The maximum atomic E-state index is 11.1. The average Bonchev–Trinajstić information content (AvgIpc) is 1.85. The molecule has 11 heavy (non-hydrogen) atoms. The molecule has 66 valence electrons. The molecule has 0 aromatic rings. The van der Waals surface area contributed by atoms with E-state index >= 15 is 0 Å². The van der Waals surface area contributed by atoms with Gasteiger partial charge in [-0.25, -0.2) is 0 Å². The number of rotatable bonds is 2. The second-order valence-corrected chi connectivity index (χ2v) is 12.3. The Morgan fingerprint density at radius 3 is 2.18 bits per heavy atom. The standard InChI is InChI=1S/C6H11Br2O2P/c7-11(8,9)10-6-4-2-1-3-5-6/h6H,1-5H2. The van der Waals surface area contributed by atoms with E-state index in [1.165, 1.54) is 19.3 Å². The van der Waals surface area contributed by atoms with Gasteiger partial charge in [-0.3, -0.25) is 4.57 Å². The van der Waals surface area contributed by atoms with Gasteiger partial charge >= 0.3 is 4.77 Å². The first-order valence-electron chi connectivity index (χ1n) is 3.76. The van der Waals surface area contributed by atoms with E-state index in [9.17, 15) is 4.57 Å². The Kier molecular flexibility index (Phi) is 4.10. The van der Waals surface area contributed by atoms with Crippen LogP contribution in [0.2, 0.25) is 0 Å². The van der Waals surface area contributed by atoms with Crippen molar-refractivity contribution in [2.45, 2.75) is 38.2 Å². The van der Waals surface area contributed by atoms with Crippen LogP contribution in [0.1, 0.15) is 32.1 Å². The molecule has 1 aliphatic rings. The van der Waals surface area contributed by atoms with Gasteiger partial charge in [-0.2, -0.15) is 0 Å². The molecule has 0 atom stereocenters. The Morgan fingerprint density at radius 1 is 1.18 bits per heavy atom. The molecule has 1 aliphatic carbocycles. The maximum Gasteiger partial charge on any atom is 0.328 e. The van der Waals surface area contributed by atoms with Crippen LogP contribution in [0.5, 0.6) is 0 Å². The second-order valence-electron chi connectivity index (χ2n) is 2.78. The molecule has 5 heteroatoms. The van der Waals surface area contributed by atoms with Gasteiger partial charge in [0, 0.05) is 31.0 Å². The third-order valence-electron chi connectivity index (χ3n) is 1.82. The highest BCUT2D eigenvalue weighted by Crippen LogP contribution is 2.63. The third-order valence-corrected chi connectivity index (χ3v) is 3.37. The molecule has 1 fully saturated rings. The van der Waals surface area contributed by atoms with Crippen LogP contribution in [0, 0.1) is 0 Å². The molecule has 1 saturated carbocycles. The van der Waals surface area contributed by atoms with Crippen molar-refractivity contribution in [3.05, 3.63) is 0 Å². The highest BCUT2D eigenvalue weighted by Gasteiger charge is 2.22. The van der Waals surface area contributed by atoms with Crippen LogP contribution in [0.3, 0.4) is 0 Å². The van der Waals surface area contributed by atoms with E-state index in [2.05, 4.69) is 31.0 Å². The van der Waals surface area contributed by atoms with Gasteiger partial charge in [0.05, 0.1) is 6.10 Å². The minimum absolute atomic E-state index is 0.188. The van der Waals surface area contributed by atoms with E-state index in [1.807, 2.05) is 0 Å². The molecule has 0 aromatic heterocycles. The quantitative estimate of drug-likeness (QED) is 0.714. The van der Waals surface area contributed by atoms with E-state index in [1.54, 1.807) is 0 Å². The van der Waals surface area contributed by atoms with Crippen molar-refractivity contribution in [3.8, 4) is 0 Å². The molecular weight excluding hydrogens is 295 g/mol. The zero-order chi connectivity index (χ0) is 8.32. The predicted molar refractivity (Wildman–Crippen MR) is 53.4 cm³/mol. The number of halogens is 2. The summed E-state index contributed by atoms with van der Waals surface area (Å²) in [6, 6.07) is 0.